The Kier molecular flexibility index (Phi) is 4.55. The van der Waals surface area contributed by atoms with Crippen molar-refractivity contribution in [3.05, 3.63) is 58.1 Å². The maximum Gasteiger partial charge on any atom is 0.238 e. The maximum absolute atomic E-state index is 11.2. The summed E-state index contributed by atoms with van der Waals surface area (Å²) in [5.41, 5.74) is 0.879. The van der Waals surface area contributed by atoms with Crippen LogP contribution in [0.1, 0.15) is 5.56 Å². The van der Waals surface area contributed by atoms with Crippen LogP contribution in [0.15, 0.2) is 47.4 Å². The van der Waals surface area contributed by atoms with Gasteiger partial charge in [-0.1, -0.05) is 35.3 Å². The Labute approximate surface area is 127 Å². The molecule has 0 aliphatic rings. The van der Waals surface area contributed by atoms with Gasteiger partial charge < -0.3 is 4.74 Å². The number of ether oxygens (including phenoxy) is 1. The van der Waals surface area contributed by atoms with Crippen molar-refractivity contribution in [2.24, 2.45) is 5.14 Å². The monoisotopic (exact) mass is 331 g/mol. The first-order chi connectivity index (χ1) is 9.36. The van der Waals surface area contributed by atoms with Gasteiger partial charge in [0.2, 0.25) is 10.0 Å². The molecular formula is C13H11Cl2NO3S. The molecule has 0 spiro atoms. The zero-order valence-corrected chi connectivity index (χ0v) is 12.5. The Hall–Kier alpha value is -1.27. The molecule has 0 amide bonds. The molecule has 2 aromatic rings. The summed E-state index contributed by atoms with van der Waals surface area (Å²) in [5, 5.41) is 5.81. The molecule has 0 aliphatic heterocycles. The second kappa shape index (κ2) is 6.01. The highest BCUT2D eigenvalue weighted by Crippen LogP contribution is 2.27. The fraction of sp³-hybridized carbons (Fsp3) is 0.0769. The Morgan fingerprint density at radius 3 is 2.45 bits per heavy atom. The largest absolute Gasteiger partial charge is 0.487 e. The van der Waals surface area contributed by atoms with Crippen LogP contribution in [0, 0.1) is 0 Å². The standard InChI is InChI=1S/C13H11Cl2NO3S/c14-10-3-1-2-9(6-10)8-19-13-5-4-11(7-12(13)15)20(16,17)18/h1-7H,8H2,(H2,16,17,18). The van der Waals surface area contributed by atoms with Crippen molar-refractivity contribution in [2.45, 2.75) is 11.5 Å². The summed E-state index contributed by atoms with van der Waals surface area (Å²) in [5.74, 6) is 0.374. The van der Waals surface area contributed by atoms with E-state index in [1.807, 2.05) is 12.1 Å². The van der Waals surface area contributed by atoms with Gasteiger partial charge in [-0.3, -0.25) is 0 Å². The molecule has 20 heavy (non-hydrogen) atoms. The van der Waals surface area contributed by atoms with E-state index in [1.54, 1.807) is 12.1 Å². The molecule has 0 heterocycles. The number of hydrogen-bond donors (Lipinski definition) is 1. The van der Waals surface area contributed by atoms with Crippen LogP contribution in [0.5, 0.6) is 5.75 Å². The quantitative estimate of drug-likeness (QED) is 0.935. The lowest BCUT2D eigenvalue weighted by molar-refractivity contribution is 0.306. The van der Waals surface area contributed by atoms with E-state index in [4.69, 9.17) is 33.1 Å². The van der Waals surface area contributed by atoms with E-state index in [0.29, 0.717) is 10.8 Å². The van der Waals surface area contributed by atoms with Gasteiger partial charge in [-0.05, 0) is 35.9 Å². The summed E-state index contributed by atoms with van der Waals surface area (Å²) >= 11 is 11.8. The van der Waals surface area contributed by atoms with Gasteiger partial charge in [0, 0.05) is 5.02 Å². The second-order valence-electron chi connectivity index (χ2n) is 4.06. The molecular weight excluding hydrogens is 321 g/mol. The molecule has 0 fully saturated rings. The van der Waals surface area contributed by atoms with Gasteiger partial charge in [0.05, 0.1) is 9.92 Å². The first kappa shape index (κ1) is 15.1. The highest BCUT2D eigenvalue weighted by atomic mass is 35.5. The van der Waals surface area contributed by atoms with Gasteiger partial charge in [0.1, 0.15) is 12.4 Å². The first-order valence-electron chi connectivity index (χ1n) is 5.56. The predicted molar refractivity (Wildman–Crippen MR) is 78.6 cm³/mol. The van der Waals surface area contributed by atoms with Gasteiger partial charge in [-0.25, -0.2) is 13.6 Å². The van der Waals surface area contributed by atoms with Crippen molar-refractivity contribution >= 4 is 33.2 Å². The van der Waals surface area contributed by atoms with Crippen molar-refractivity contribution in [3.63, 3.8) is 0 Å². The smallest absolute Gasteiger partial charge is 0.238 e. The molecule has 4 nitrogen and oxygen atoms in total. The number of hydrogen-bond acceptors (Lipinski definition) is 3. The summed E-state index contributed by atoms with van der Waals surface area (Å²) in [7, 11) is -3.77. The van der Waals surface area contributed by atoms with E-state index in [1.165, 1.54) is 18.2 Å². The van der Waals surface area contributed by atoms with Crippen LogP contribution in [-0.4, -0.2) is 8.42 Å². The van der Waals surface area contributed by atoms with Crippen molar-refractivity contribution in [3.8, 4) is 5.75 Å². The molecule has 2 rings (SSSR count). The van der Waals surface area contributed by atoms with E-state index >= 15 is 0 Å². The van der Waals surface area contributed by atoms with Gasteiger partial charge in [-0.15, -0.1) is 0 Å². The lowest BCUT2D eigenvalue weighted by atomic mass is 10.2. The van der Waals surface area contributed by atoms with Crippen molar-refractivity contribution in [1.82, 2.24) is 0 Å². The van der Waals surface area contributed by atoms with Crippen molar-refractivity contribution in [1.29, 1.82) is 0 Å². The van der Waals surface area contributed by atoms with E-state index in [-0.39, 0.29) is 16.5 Å². The van der Waals surface area contributed by atoms with Crippen LogP contribution >= 0.6 is 23.2 Å². The third-order valence-electron chi connectivity index (χ3n) is 2.52. The third kappa shape index (κ3) is 3.86. The minimum absolute atomic E-state index is 0.0578. The van der Waals surface area contributed by atoms with Crippen molar-refractivity contribution < 1.29 is 13.2 Å². The van der Waals surface area contributed by atoms with Gasteiger partial charge in [0.15, 0.2) is 0 Å². The molecule has 0 bridgehead atoms. The average molecular weight is 332 g/mol. The van der Waals surface area contributed by atoms with Crippen LogP contribution in [0.3, 0.4) is 0 Å². The normalized spacial score (nSPS) is 11.3. The fourth-order valence-electron chi connectivity index (χ4n) is 1.56. The molecule has 106 valence electrons. The van der Waals surface area contributed by atoms with Gasteiger partial charge >= 0.3 is 0 Å². The summed E-state index contributed by atoms with van der Waals surface area (Å²) in [6, 6.07) is 11.3. The number of primary sulfonamides is 1. The molecule has 2 aromatic carbocycles. The Balaban J connectivity index is 2.15. The highest BCUT2D eigenvalue weighted by molar-refractivity contribution is 7.89. The molecule has 0 unspecified atom stereocenters. The lowest BCUT2D eigenvalue weighted by Gasteiger charge is -2.09. The molecule has 2 N–H and O–H groups in total. The van der Waals surface area contributed by atoms with E-state index in [9.17, 15) is 8.42 Å². The summed E-state index contributed by atoms with van der Waals surface area (Å²) in [6.07, 6.45) is 0. The van der Waals surface area contributed by atoms with Crippen LogP contribution in [-0.2, 0) is 16.6 Å². The Morgan fingerprint density at radius 1 is 1.10 bits per heavy atom. The topological polar surface area (TPSA) is 69.4 Å². The van der Waals surface area contributed by atoms with Crippen molar-refractivity contribution in [2.75, 3.05) is 0 Å². The van der Waals surface area contributed by atoms with Crippen LogP contribution in [0.25, 0.3) is 0 Å². The van der Waals surface area contributed by atoms with Crippen LogP contribution in [0.2, 0.25) is 10.0 Å². The SMILES string of the molecule is NS(=O)(=O)c1ccc(OCc2cccc(Cl)c2)c(Cl)c1. The number of sulfonamides is 1. The first-order valence-corrected chi connectivity index (χ1v) is 7.86. The van der Waals surface area contributed by atoms with Crippen LogP contribution in [0.4, 0.5) is 0 Å². The minimum Gasteiger partial charge on any atom is -0.487 e. The Bertz CT molecular complexity index is 732. The van der Waals surface area contributed by atoms with E-state index in [0.717, 1.165) is 5.56 Å². The molecule has 7 heteroatoms. The van der Waals surface area contributed by atoms with E-state index in [2.05, 4.69) is 0 Å². The molecule has 0 saturated heterocycles. The third-order valence-corrected chi connectivity index (χ3v) is 3.96. The second-order valence-corrected chi connectivity index (χ2v) is 6.46. The lowest BCUT2D eigenvalue weighted by Crippen LogP contribution is -2.12. The molecule has 0 radical (unpaired) electrons. The molecule has 0 aliphatic carbocycles. The number of benzene rings is 2. The molecule has 0 aromatic heterocycles. The molecule has 0 atom stereocenters. The predicted octanol–water partition coefficient (Wildman–Crippen LogP) is 3.22. The maximum atomic E-state index is 11.2. The summed E-state index contributed by atoms with van der Waals surface area (Å²) in [4.78, 5) is -0.0578. The van der Waals surface area contributed by atoms with Crippen LogP contribution < -0.4 is 9.88 Å². The summed E-state index contributed by atoms with van der Waals surface area (Å²) < 4.78 is 27.9. The highest BCUT2D eigenvalue weighted by Gasteiger charge is 2.11. The minimum atomic E-state index is -3.77. The number of nitrogens with two attached hydrogens (primary N) is 1. The number of rotatable bonds is 4. The Morgan fingerprint density at radius 2 is 1.85 bits per heavy atom. The van der Waals surface area contributed by atoms with E-state index < -0.39 is 10.0 Å². The van der Waals surface area contributed by atoms with Gasteiger partial charge in [-0.2, -0.15) is 0 Å². The average Bonchev–Trinajstić information content (AvgIpc) is 2.36. The fourth-order valence-corrected chi connectivity index (χ4v) is 2.62. The zero-order chi connectivity index (χ0) is 14.8. The number of halogens is 2. The van der Waals surface area contributed by atoms with Gasteiger partial charge in [0.25, 0.3) is 0 Å². The zero-order valence-electron chi connectivity index (χ0n) is 10.2. The molecule has 0 saturated carbocycles. The summed E-state index contributed by atoms with van der Waals surface area (Å²) in [6.45, 7) is 0.273.